The number of amides is 1. The second-order valence-electron chi connectivity index (χ2n) is 8.00. The molecule has 0 unspecified atom stereocenters. The summed E-state index contributed by atoms with van der Waals surface area (Å²) in [5.74, 6) is 0.140. The highest BCUT2D eigenvalue weighted by Gasteiger charge is 2.39. The molecule has 0 radical (unpaired) electrons. The number of rotatable bonds is 3. The summed E-state index contributed by atoms with van der Waals surface area (Å²) in [6.07, 6.45) is 8.50. The fourth-order valence-corrected chi connectivity index (χ4v) is 4.60. The largest absolute Gasteiger partial charge is 0.334 e. The van der Waals surface area contributed by atoms with Gasteiger partial charge >= 0.3 is 0 Å². The average molecular weight is 364 g/mol. The van der Waals surface area contributed by atoms with Gasteiger partial charge in [0.1, 0.15) is 0 Å². The number of nitrogens with zero attached hydrogens (tertiary/aromatic N) is 2. The molecule has 2 aliphatic heterocycles. The number of benzene rings is 1. The lowest BCUT2D eigenvalue weighted by atomic mass is 9.95. The Hall–Kier alpha value is -2.20. The minimum Gasteiger partial charge on any atom is -0.334 e. The molecule has 1 aromatic heterocycles. The van der Waals surface area contributed by atoms with Crippen LogP contribution in [0.15, 0.2) is 48.7 Å². The lowest BCUT2D eigenvalue weighted by molar-refractivity contribution is 0.0638. The third-order valence-corrected chi connectivity index (χ3v) is 6.00. The molecule has 3 atom stereocenters. The number of likely N-dealkylation sites (tertiary alicyclic amines) is 1. The zero-order chi connectivity index (χ0) is 18.6. The Morgan fingerprint density at radius 3 is 2.78 bits per heavy atom. The minimum atomic E-state index is 0.140. The lowest BCUT2D eigenvalue weighted by Gasteiger charge is -2.34. The van der Waals surface area contributed by atoms with Crippen molar-refractivity contribution in [3.8, 4) is 0 Å². The first-order chi connectivity index (χ1) is 13.2. The summed E-state index contributed by atoms with van der Waals surface area (Å²) >= 11 is 0. The van der Waals surface area contributed by atoms with E-state index in [1.807, 2.05) is 19.1 Å². The van der Waals surface area contributed by atoms with E-state index in [1.165, 1.54) is 18.4 Å². The summed E-state index contributed by atoms with van der Waals surface area (Å²) in [5.41, 5.74) is 3.03. The molecular formula is C23H29N3O. The third kappa shape index (κ3) is 4.22. The van der Waals surface area contributed by atoms with Gasteiger partial charge in [-0.05, 0) is 50.3 Å². The summed E-state index contributed by atoms with van der Waals surface area (Å²) in [7, 11) is 0. The van der Waals surface area contributed by atoms with E-state index in [4.69, 9.17) is 0 Å². The van der Waals surface area contributed by atoms with Crippen LogP contribution in [0.25, 0.3) is 0 Å². The van der Waals surface area contributed by atoms with Crippen molar-refractivity contribution in [1.29, 1.82) is 0 Å². The van der Waals surface area contributed by atoms with E-state index in [0.29, 0.717) is 17.6 Å². The number of fused-ring (bicyclic) bond motifs is 1. The molecule has 4 heteroatoms. The Morgan fingerprint density at radius 1 is 1.15 bits per heavy atom. The quantitative estimate of drug-likeness (QED) is 0.903. The molecule has 0 aliphatic carbocycles. The maximum absolute atomic E-state index is 13.2. The van der Waals surface area contributed by atoms with E-state index in [0.717, 1.165) is 37.9 Å². The number of pyridine rings is 1. The molecule has 0 spiro atoms. The molecule has 2 aromatic rings. The van der Waals surface area contributed by atoms with Crippen LogP contribution in [-0.4, -0.2) is 40.5 Å². The van der Waals surface area contributed by atoms with Gasteiger partial charge in [-0.1, -0.05) is 43.2 Å². The van der Waals surface area contributed by atoms with Crippen molar-refractivity contribution in [2.45, 2.75) is 63.6 Å². The lowest BCUT2D eigenvalue weighted by Crippen LogP contribution is -2.48. The molecular weight excluding hydrogens is 334 g/mol. The molecule has 3 heterocycles. The van der Waals surface area contributed by atoms with Gasteiger partial charge in [0.25, 0.3) is 5.91 Å². The van der Waals surface area contributed by atoms with E-state index < -0.39 is 0 Å². The van der Waals surface area contributed by atoms with Crippen LogP contribution >= 0.6 is 0 Å². The van der Waals surface area contributed by atoms with Gasteiger partial charge in [0.2, 0.25) is 0 Å². The topological polar surface area (TPSA) is 45.2 Å². The van der Waals surface area contributed by atoms with Crippen LogP contribution in [0.3, 0.4) is 0 Å². The van der Waals surface area contributed by atoms with Gasteiger partial charge in [0.05, 0.1) is 5.56 Å². The zero-order valence-corrected chi connectivity index (χ0v) is 16.1. The van der Waals surface area contributed by atoms with E-state index in [1.54, 1.807) is 6.20 Å². The molecule has 142 valence electrons. The van der Waals surface area contributed by atoms with Gasteiger partial charge in [-0.15, -0.1) is 0 Å². The molecule has 1 aromatic carbocycles. The number of hydrogen-bond acceptors (Lipinski definition) is 3. The summed E-state index contributed by atoms with van der Waals surface area (Å²) in [4.78, 5) is 19.7. The Kier molecular flexibility index (Phi) is 5.53. The highest BCUT2D eigenvalue weighted by Crippen LogP contribution is 2.29. The van der Waals surface area contributed by atoms with E-state index in [-0.39, 0.29) is 11.9 Å². The maximum atomic E-state index is 13.2. The number of hydrogen-bond donors (Lipinski definition) is 1. The monoisotopic (exact) mass is 363 g/mol. The fourth-order valence-electron chi connectivity index (χ4n) is 4.60. The van der Waals surface area contributed by atoms with Crippen LogP contribution in [0.2, 0.25) is 0 Å². The number of carbonyl (C=O) groups excluding carboxylic acids is 1. The van der Waals surface area contributed by atoms with Gasteiger partial charge in [-0.2, -0.15) is 0 Å². The molecule has 2 fully saturated rings. The number of nitrogens with one attached hydrogen (secondary N) is 1. The predicted octanol–water partition coefficient (Wildman–Crippen LogP) is 3.75. The Labute approximate surface area is 162 Å². The van der Waals surface area contributed by atoms with E-state index in [9.17, 15) is 4.79 Å². The Balaban J connectivity index is 1.52. The maximum Gasteiger partial charge on any atom is 0.255 e. The second kappa shape index (κ2) is 8.22. The van der Waals surface area contributed by atoms with Crippen molar-refractivity contribution in [2.24, 2.45) is 0 Å². The van der Waals surface area contributed by atoms with Gasteiger partial charge in [-0.25, -0.2) is 0 Å². The van der Waals surface area contributed by atoms with Crippen molar-refractivity contribution in [2.75, 3.05) is 6.54 Å². The first-order valence-electron chi connectivity index (χ1n) is 10.2. The van der Waals surface area contributed by atoms with Crippen LogP contribution < -0.4 is 5.32 Å². The van der Waals surface area contributed by atoms with E-state index in [2.05, 4.69) is 45.5 Å². The average Bonchev–Trinajstić information content (AvgIpc) is 3.05. The summed E-state index contributed by atoms with van der Waals surface area (Å²) in [6.45, 7) is 2.81. The molecule has 4 rings (SSSR count). The predicted molar refractivity (Wildman–Crippen MR) is 108 cm³/mol. The molecule has 0 saturated carbocycles. The third-order valence-electron chi connectivity index (χ3n) is 6.00. The number of aromatic nitrogens is 1. The minimum absolute atomic E-state index is 0.140. The second-order valence-corrected chi connectivity index (χ2v) is 8.00. The van der Waals surface area contributed by atoms with Crippen LogP contribution in [0.4, 0.5) is 0 Å². The Bertz CT molecular complexity index is 759. The van der Waals surface area contributed by atoms with Crippen LogP contribution in [-0.2, 0) is 6.42 Å². The highest BCUT2D eigenvalue weighted by atomic mass is 16.2. The van der Waals surface area contributed by atoms with Crippen molar-refractivity contribution in [3.63, 3.8) is 0 Å². The van der Waals surface area contributed by atoms with Crippen LogP contribution in [0, 0.1) is 6.92 Å². The van der Waals surface area contributed by atoms with Gasteiger partial charge < -0.3 is 10.2 Å². The van der Waals surface area contributed by atoms with Crippen molar-refractivity contribution >= 4 is 5.91 Å². The summed E-state index contributed by atoms with van der Waals surface area (Å²) in [5, 5.41) is 3.85. The van der Waals surface area contributed by atoms with Gasteiger partial charge in [-0.3, -0.25) is 9.78 Å². The smallest absolute Gasteiger partial charge is 0.255 e. The normalized spacial score (nSPS) is 25.5. The Morgan fingerprint density at radius 2 is 2.00 bits per heavy atom. The van der Waals surface area contributed by atoms with Crippen molar-refractivity contribution in [1.82, 2.24) is 15.2 Å². The van der Waals surface area contributed by atoms with Gasteiger partial charge in [0, 0.05) is 36.6 Å². The molecule has 1 N–H and O–H groups in total. The van der Waals surface area contributed by atoms with Crippen LogP contribution in [0.5, 0.6) is 0 Å². The fraction of sp³-hybridized carbons (Fsp3) is 0.478. The molecule has 2 aliphatic rings. The van der Waals surface area contributed by atoms with Crippen molar-refractivity contribution < 1.29 is 4.79 Å². The molecule has 4 nitrogen and oxygen atoms in total. The molecule has 1 amide bonds. The van der Waals surface area contributed by atoms with Crippen LogP contribution in [0.1, 0.15) is 53.7 Å². The summed E-state index contributed by atoms with van der Waals surface area (Å²) < 4.78 is 0. The highest BCUT2D eigenvalue weighted by molar-refractivity contribution is 5.94. The standard InChI is InChI=1S/C23H29N3O/c1-17-11-12-19(16-24-17)23(27)26-13-7-3-6-10-21-22(26)15-20(25-21)14-18-8-4-2-5-9-18/h2,4-5,8-9,11-12,16,20-22,25H,3,6-7,10,13-15H2,1H3/t20-,21-,22+/m1/s1. The molecule has 2 saturated heterocycles. The summed E-state index contributed by atoms with van der Waals surface area (Å²) in [6, 6.07) is 15.6. The number of aryl methyl sites for hydroxylation is 1. The molecule has 0 bridgehead atoms. The SMILES string of the molecule is Cc1ccc(C(=O)N2CCCCC[C@H]3N[C@H](Cc4ccccc4)C[C@@H]32)cn1. The zero-order valence-electron chi connectivity index (χ0n) is 16.1. The van der Waals surface area contributed by atoms with Crippen molar-refractivity contribution in [3.05, 3.63) is 65.5 Å². The van der Waals surface area contributed by atoms with E-state index >= 15 is 0 Å². The first kappa shape index (κ1) is 18.2. The molecule has 27 heavy (non-hydrogen) atoms. The first-order valence-corrected chi connectivity index (χ1v) is 10.2. The van der Waals surface area contributed by atoms with Gasteiger partial charge in [0.15, 0.2) is 0 Å². The number of carbonyl (C=O) groups is 1.